The van der Waals surface area contributed by atoms with Gasteiger partial charge in [0.15, 0.2) is 0 Å². The molecule has 104 valence electrons. The van der Waals surface area contributed by atoms with Gasteiger partial charge in [0.2, 0.25) is 5.91 Å². The van der Waals surface area contributed by atoms with E-state index in [1.54, 1.807) is 0 Å². The topological polar surface area (TPSA) is 20.3 Å². The van der Waals surface area contributed by atoms with Crippen molar-refractivity contribution in [3.63, 3.8) is 0 Å². The van der Waals surface area contributed by atoms with Crippen LogP contribution in [0.1, 0.15) is 24.9 Å². The SMILES string of the molecule is CC(c1cccc2ccccc12)N1CC(CS)CC1=O. The molecule has 1 aliphatic rings. The molecule has 0 aromatic heterocycles. The van der Waals surface area contributed by atoms with Gasteiger partial charge in [0, 0.05) is 13.0 Å². The molecule has 2 aromatic rings. The highest BCUT2D eigenvalue weighted by atomic mass is 32.1. The summed E-state index contributed by atoms with van der Waals surface area (Å²) >= 11 is 4.33. The van der Waals surface area contributed by atoms with Crippen molar-refractivity contribution >= 4 is 29.3 Å². The predicted molar refractivity (Wildman–Crippen MR) is 86.0 cm³/mol. The number of likely N-dealkylation sites (tertiary alicyclic amines) is 1. The Bertz CT molecular complexity index is 634. The average molecular weight is 285 g/mol. The molecule has 0 spiro atoms. The van der Waals surface area contributed by atoms with E-state index in [2.05, 4.69) is 62.0 Å². The standard InChI is InChI=1S/C17H19NOS/c1-12(18-10-13(11-20)9-17(18)19)15-8-4-6-14-5-2-3-7-16(14)15/h2-8,12-13,20H,9-11H2,1H3. The molecule has 2 unspecified atom stereocenters. The molecule has 1 amide bonds. The number of benzene rings is 2. The molecule has 0 aliphatic carbocycles. The first-order valence-corrected chi connectivity index (χ1v) is 7.72. The Kier molecular flexibility index (Phi) is 3.70. The van der Waals surface area contributed by atoms with E-state index in [1.807, 2.05) is 4.90 Å². The highest BCUT2D eigenvalue weighted by molar-refractivity contribution is 7.80. The van der Waals surface area contributed by atoms with E-state index in [-0.39, 0.29) is 11.9 Å². The number of carbonyl (C=O) groups is 1. The second kappa shape index (κ2) is 5.49. The van der Waals surface area contributed by atoms with E-state index >= 15 is 0 Å². The lowest BCUT2D eigenvalue weighted by Gasteiger charge is -2.26. The second-order valence-corrected chi connectivity index (χ2v) is 5.91. The molecule has 1 heterocycles. The minimum absolute atomic E-state index is 0.124. The normalized spacial score (nSPS) is 20.6. The summed E-state index contributed by atoms with van der Waals surface area (Å²) in [5.74, 6) is 1.43. The largest absolute Gasteiger partial charge is 0.336 e. The van der Waals surface area contributed by atoms with Crippen molar-refractivity contribution < 1.29 is 4.79 Å². The molecule has 3 heteroatoms. The minimum atomic E-state index is 0.124. The third kappa shape index (κ3) is 2.31. The van der Waals surface area contributed by atoms with E-state index in [9.17, 15) is 4.79 Å². The summed E-state index contributed by atoms with van der Waals surface area (Å²) in [5.41, 5.74) is 1.23. The fraction of sp³-hybridized carbons (Fsp3) is 0.353. The van der Waals surface area contributed by atoms with E-state index in [1.165, 1.54) is 16.3 Å². The zero-order chi connectivity index (χ0) is 14.1. The maximum atomic E-state index is 12.2. The Morgan fingerprint density at radius 2 is 2.00 bits per heavy atom. The van der Waals surface area contributed by atoms with Gasteiger partial charge >= 0.3 is 0 Å². The molecular formula is C17H19NOS. The lowest BCUT2D eigenvalue weighted by Crippen LogP contribution is -2.28. The number of amides is 1. The van der Waals surface area contributed by atoms with Crippen molar-refractivity contribution in [3.05, 3.63) is 48.0 Å². The van der Waals surface area contributed by atoms with Crippen LogP contribution in [0.3, 0.4) is 0 Å². The van der Waals surface area contributed by atoms with Gasteiger partial charge in [-0.05, 0) is 34.9 Å². The molecule has 20 heavy (non-hydrogen) atoms. The third-order valence-corrected chi connectivity index (χ3v) is 4.75. The summed E-state index contributed by atoms with van der Waals surface area (Å²) in [7, 11) is 0. The molecule has 2 nitrogen and oxygen atoms in total. The number of fused-ring (bicyclic) bond motifs is 1. The van der Waals surface area contributed by atoms with Crippen molar-refractivity contribution in [2.45, 2.75) is 19.4 Å². The van der Waals surface area contributed by atoms with Crippen LogP contribution in [-0.2, 0) is 4.79 Å². The lowest BCUT2D eigenvalue weighted by molar-refractivity contribution is -0.129. The quantitative estimate of drug-likeness (QED) is 0.853. The Morgan fingerprint density at radius 1 is 1.25 bits per heavy atom. The molecule has 2 aromatic carbocycles. The Balaban J connectivity index is 1.97. The van der Waals surface area contributed by atoms with Gasteiger partial charge in [-0.2, -0.15) is 12.6 Å². The third-order valence-electron chi connectivity index (χ3n) is 4.24. The van der Waals surface area contributed by atoms with Crippen LogP contribution in [-0.4, -0.2) is 23.1 Å². The Hall–Kier alpha value is -1.48. The van der Waals surface area contributed by atoms with Gasteiger partial charge in [-0.3, -0.25) is 4.79 Å². The molecule has 1 fully saturated rings. The van der Waals surface area contributed by atoms with Crippen LogP contribution in [0.2, 0.25) is 0 Å². The zero-order valence-corrected chi connectivity index (χ0v) is 12.5. The van der Waals surface area contributed by atoms with Gasteiger partial charge in [0.25, 0.3) is 0 Å². The number of nitrogens with zero attached hydrogens (tertiary/aromatic N) is 1. The van der Waals surface area contributed by atoms with Gasteiger partial charge in [0.1, 0.15) is 0 Å². The highest BCUT2D eigenvalue weighted by Crippen LogP contribution is 2.32. The first-order valence-electron chi connectivity index (χ1n) is 7.08. The van der Waals surface area contributed by atoms with E-state index in [0.717, 1.165) is 12.3 Å². The fourth-order valence-corrected chi connectivity index (χ4v) is 3.33. The van der Waals surface area contributed by atoms with Gasteiger partial charge < -0.3 is 4.90 Å². The molecule has 2 atom stereocenters. The monoisotopic (exact) mass is 285 g/mol. The van der Waals surface area contributed by atoms with Crippen LogP contribution in [0.4, 0.5) is 0 Å². The second-order valence-electron chi connectivity index (χ2n) is 5.54. The number of hydrogen-bond donors (Lipinski definition) is 1. The summed E-state index contributed by atoms with van der Waals surface area (Å²) in [6, 6.07) is 14.8. The van der Waals surface area contributed by atoms with Crippen molar-refractivity contribution in [1.29, 1.82) is 0 Å². The predicted octanol–water partition coefficient (Wildman–Crippen LogP) is 3.68. The number of carbonyl (C=O) groups excluding carboxylic acids is 1. The molecule has 0 N–H and O–H groups in total. The van der Waals surface area contributed by atoms with Crippen molar-refractivity contribution in [2.24, 2.45) is 5.92 Å². The van der Waals surface area contributed by atoms with Crippen molar-refractivity contribution in [1.82, 2.24) is 4.90 Å². The molecule has 0 radical (unpaired) electrons. The first-order chi connectivity index (χ1) is 9.70. The van der Waals surface area contributed by atoms with Crippen LogP contribution >= 0.6 is 12.6 Å². The van der Waals surface area contributed by atoms with E-state index in [4.69, 9.17) is 0 Å². The van der Waals surface area contributed by atoms with Crippen LogP contribution in [0.15, 0.2) is 42.5 Å². The van der Waals surface area contributed by atoms with Gasteiger partial charge in [0.05, 0.1) is 6.04 Å². The van der Waals surface area contributed by atoms with E-state index in [0.29, 0.717) is 12.3 Å². The van der Waals surface area contributed by atoms with Crippen LogP contribution < -0.4 is 0 Å². The summed E-state index contributed by atoms with van der Waals surface area (Å²) < 4.78 is 0. The molecule has 1 saturated heterocycles. The Morgan fingerprint density at radius 3 is 2.75 bits per heavy atom. The van der Waals surface area contributed by atoms with Gasteiger partial charge in [-0.1, -0.05) is 42.5 Å². The summed E-state index contributed by atoms with van der Waals surface area (Å²) in [6.07, 6.45) is 0.638. The summed E-state index contributed by atoms with van der Waals surface area (Å²) in [6.45, 7) is 2.95. The lowest BCUT2D eigenvalue weighted by atomic mass is 9.99. The molecular weight excluding hydrogens is 266 g/mol. The first kappa shape index (κ1) is 13.5. The van der Waals surface area contributed by atoms with Crippen molar-refractivity contribution in [2.75, 3.05) is 12.3 Å². The van der Waals surface area contributed by atoms with Gasteiger partial charge in [-0.25, -0.2) is 0 Å². The highest BCUT2D eigenvalue weighted by Gasteiger charge is 2.32. The minimum Gasteiger partial charge on any atom is -0.336 e. The van der Waals surface area contributed by atoms with Crippen LogP contribution in [0, 0.1) is 5.92 Å². The summed E-state index contributed by atoms with van der Waals surface area (Å²) in [4.78, 5) is 14.2. The number of rotatable bonds is 3. The fourth-order valence-electron chi connectivity index (χ4n) is 3.09. The maximum absolute atomic E-state index is 12.2. The van der Waals surface area contributed by atoms with Crippen LogP contribution in [0.5, 0.6) is 0 Å². The molecule has 0 bridgehead atoms. The zero-order valence-electron chi connectivity index (χ0n) is 11.6. The number of thiol groups is 1. The van der Waals surface area contributed by atoms with E-state index < -0.39 is 0 Å². The maximum Gasteiger partial charge on any atom is 0.223 e. The molecule has 3 rings (SSSR count). The Labute approximate surface area is 125 Å². The van der Waals surface area contributed by atoms with Gasteiger partial charge in [-0.15, -0.1) is 0 Å². The van der Waals surface area contributed by atoms with Crippen molar-refractivity contribution in [3.8, 4) is 0 Å². The number of hydrogen-bond acceptors (Lipinski definition) is 2. The van der Waals surface area contributed by atoms with Crippen LogP contribution in [0.25, 0.3) is 10.8 Å². The summed E-state index contributed by atoms with van der Waals surface area (Å²) in [5, 5.41) is 2.47. The average Bonchev–Trinajstić information content (AvgIpc) is 2.87. The smallest absolute Gasteiger partial charge is 0.223 e. The molecule has 0 saturated carbocycles. The molecule has 1 aliphatic heterocycles.